The molecule has 3 heterocycles. The van der Waals surface area contributed by atoms with Gasteiger partial charge in [-0.1, -0.05) is 86.1 Å². The van der Waals surface area contributed by atoms with Gasteiger partial charge >= 0.3 is 0 Å². The molecule has 0 bridgehead atoms. The summed E-state index contributed by atoms with van der Waals surface area (Å²) in [5.41, 5.74) is 11.8. The van der Waals surface area contributed by atoms with Gasteiger partial charge in [0.15, 0.2) is 0 Å². The highest BCUT2D eigenvalue weighted by atomic mass is 15.0. The first kappa shape index (κ1) is 23.8. The standard InChI is InChI=1S/C38H29N3/c1-2-21-38(37-16-8-10-23-40-37)32-13-5-3-11-28(32)29-20-18-27(25-33(29)38)41-35-15-6-4-12-30(35)31-19-17-26(24-36(31)41)34-14-7-9-22-39-34/h3-20,22-25H,2,21H2,1H3. The molecule has 0 spiro atoms. The van der Waals surface area contributed by atoms with Crippen LogP contribution in [0.2, 0.25) is 0 Å². The lowest BCUT2D eigenvalue weighted by Crippen LogP contribution is -2.28. The molecular formula is C38H29N3. The van der Waals surface area contributed by atoms with Crippen LogP contribution in [0, 0.1) is 0 Å². The Hall–Kier alpha value is -5.02. The maximum Gasteiger partial charge on any atom is 0.0702 e. The number of benzene rings is 4. The van der Waals surface area contributed by atoms with Crippen molar-refractivity contribution in [2.45, 2.75) is 25.2 Å². The molecule has 0 saturated heterocycles. The summed E-state index contributed by atoms with van der Waals surface area (Å²) in [6, 6.07) is 43.8. The highest BCUT2D eigenvalue weighted by Gasteiger charge is 2.45. The lowest BCUT2D eigenvalue weighted by Gasteiger charge is -2.32. The van der Waals surface area contributed by atoms with E-state index in [1.807, 2.05) is 30.6 Å². The topological polar surface area (TPSA) is 30.7 Å². The molecule has 0 aliphatic heterocycles. The van der Waals surface area contributed by atoms with Gasteiger partial charge in [-0.15, -0.1) is 0 Å². The Labute approximate surface area is 239 Å². The predicted octanol–water partition coefficient (Wildman–Crippen LogP) is 9.36. The van der Waals surface area contributed by atoms with Gasteiger partial charge in [0.05, 0.1) is 27.8 Å². The highest BCUT2D eigenvalue weighted by molar-refractivity contribution is 6.10. The van der Waals surface area contributed by atoms with Crippen molar-refractivity contribution in [1.82, 2.24) is 14.5 Å². The Morgan fingerprint density at radius 2 is 1.37 bits per heavy atom. The molecule has 8 rings (SSSR count). The van der Waals surface area contributed by atoms with Crippen LogP contribution < -0.4 is 0 Å². The first-order chi connectivity index (χ1) is 20.3. The maximum atomic E-state index is 4.97. The normalized spacial score (nSPS) is 15.7. The fourth-order valence-electron chi connectivity index (χ4n) is 7.10. The number of rotatable bonds is 5. The van der Waals surface area contributed by atoms with Crippen LogP contribution in [-0.2, 0) is 5.41 Å². The summed E-state index contributed by atoms with van der Waals surface area (Å²) in [6.45, 7) is 2.28. The van der Waals surface area contributed by atoms with Crippen LogP contribution in [0.4, 0.5) is 0 Å². The fraction of sp³-hybridized carbons (Fsp3) is 0.105. The van der Waals surface area contributed by atoms with E-state index < -0.39 is 0 Å². The monoisotopic (exact) mass is 527 g/mol. The molecule has 0 amide bonds. The number of fused-ring (bicyclic) bond motifs is 6. The van der Waals surface area contributed by atoms with E-state index in [1.165, 1.54) is 44.1 Å². The van der Waals surface area contributed by atoms with Crippen molar-refractivity contribution in [2.75, 3.05) is 0 Å². The van der Waals surface area contributed by atoms with Crippen LogP contribution in [0.1, 0.15) is 36.6 Å². The molecule has 1 unspecified atom stereocenters. The van der Waals surface area contributed by atoms with E-state index in [1.54, 1.807) is 0 Å². The second-order valence-electron chi connectivity index (χ2n) is 10.9. The molecule has 3 nitrogen and oxygen atoms in total. The largest absolute Gasteiger partial charge is 0.309 e. The van der Waals surface area contributed by atoms with Gasteiger partial charge in [0.25, 0.3) is 0 Å². The molecule has 4 aromatic carbocycles. The quantitative estimate of drug-likeness (QED) is 0.223. The average Bonchev–Trinajstić information content (AvgIpc) is 3.52. The van der Waals surface area contributed by atoms with Crippen LogP contribution in [0.15, 0.2) is 134 Å². The lowest BCUT2D eigenvalue weighted by molar-refractivity contribution is 0.547. The van der Waals surface area contributed by atoms with Gasteiger partial charge in [-0.25, -0.2) is 0 Å². The van der Waals surface area contributed by atoms with Crippen molar-refractivity contribution < 1.29 is 0 Å². The Balaban J connectivity index is 1.43. The summed E-state index contributed by atoms with van der Waals surface area (Å²) in [5.74, 6) is 0. The summed E-state index contributed by atoms with van der Waals surface area (Å²) >= 11 is 0. The smallest absolute Gasteiger partial charge is 0.0702 e. The van der Waals surface area contributed by atoms with E-state index in [-0.39, 0.29) is 5.41 Å². The molecule has 0 radical (unpaired) electrons. The number of pyridine rings is 2. The second kappa shape index (κ2) is 9.28. The molecule has 1 atom stereocenters. The number of nitrogens with zero attached hydrogens (tertiary/aromatic N) is 3. The van der Waals surface area contributed by atoms with Gasteiger partial charge in [-0.05, 0) is 77.2 Å². The zero-order valence-electron chi connectivity index (χ0n) is 23.0. The maximum absolute atomic E-state index is 4.97. The number of hydrogen-bond acceptors (Lipinski definition) is 2. The summed E-state index contributed by atoms with van der Waals surface area (Å²) in [7, 11) is 0. The van der Waals surface area contributed by atoms with Crippen molar-refractivity contribution >= 4 is 21.8 Å². The van der Waals surface area contributed by atoms with Gasteiger partial charge in [0, 0.05) is 34.4 Å². The number of aromatic nitrogens is 3. The molecule has 0 fully saturated rings. The third-order valence-electron chi connectivity index (χ3n) is 8.76. The van der Waals surface area contributed by atoms with Crippen molar-refractivity contribution in [3.05, 3.63) is 151 Å². The minimum Gasteiger partial charge on any atom is -0.309 e. The van der Waals surface area contributed by atoms with Crippen LogP contribution in [0.25, 0.3) is 49.9 Å². The summed E-state index contributed by atoms with van der Waals surface area (Å²) < 4.78 is 2.43. The van der Waals surface area contributed by atoms with E-state index in [0.717, 1.165) is 35.5 Å². The molecule has 196 valence electrons. The number of para-hydroxylation sites is 1. The Bertz CT molecular complexity index is 2060. The van der Waals surface area contributed by atoms with Crippen molar-refractivity contribution in [2.24, 2.45) is 0 Å². The van der Waals surface area contributed by atoms with E-state index in [4.69, 9.17) is 4.98 Å². The summed E-state index contributed by atoms with van der Waals surface area (Å²) in [5, 5.41) is 2.50. The van der Waals surface area contributed by atoms with E-state index >= 15 is 0 Å². The SMILES string of the molecule is CCCC1(c2ccccn2)c2ccccc2-c2ccc(-n3c4ccccc4c4ccc(-c5ccccn5)cc43)cc21. The van der Waals surface area contributed by atoms with Gasteiger partial charge in [-0.3, -0.25) is 9.97 Å². The number of hydrogen-bond donors (Lipinski definition) is 0. The van der Waals surface area contributed by atoms with Crippen molar-refractivity contribution in [1.29, 1.82) is 0 Å². The average molecular weight is 528 g/mol. The van der Waals surface area contributed by atoms with Crippen molar-refractivity contribution in [3.8, 4) is 28.1 Å². The predicted molar refractivity (Wildman–Crippen MR) is 168 cm³/mol. The van der Waals surface area contributed by atoms with Crippen LogP contribution >= 0.6 is 0 Å². The Morgan fingerprint density at radius 3 is 2.20 bits per heavy atom. The first-order valence-electron chi connectivity index (χ1n) is 14.4. The molecule has 1 aliphatic rings. The van der Waals surface area contributed by atoms with Gasteiger partial charge in [0.2, 0.25) is 0 Å². The minimum absolute atomic E-state index is 0.296. The van der Waals surface area contributed by atoms with E-state index in [2.05, 4.69) is 120 Å². The molecule has 1 aliphatic carbocycles. The third kappa shape index (κ3) is 3.45. The summed E-state index contributed by atoms with van der Waals surface area (Å²) in [4.78, 5) is 9.61. The van der Waals surface area contributed by atoms with E-state index in [0.29, 0.717) is 0 Å². The lowest BCUT2D eigenvalue weighted by atomic mass is 9.72. The second-order valence-corrected chi connectivity index (χ2v) is 10.9. The van der Waals surface area contributed by atoms with Gasteiger partial charge in [-0.2, -0.15) is 0 Å². The van der Waals surface area contributed by atoms with Crippen molar-refractivity contribution in [3.63, 3.8) is 0 Å². The third-order valence-corrected chi connectivity index (χ3v) is 8.76. The van der Waals surface area contributed by atoms with Gasteiger partial charge < -0.3 is 4.57 Å². The van der Waals surface area contributed by atoms with Crippen LogP contribution in [0.5, 0.6) is 0 Å². The molecule has 3 aromatic heterocycles. The molecule has 3 heteroatoms. The Kier molecular flexibility index (Phi) is 5.39. The zero-order chi connectivity index (χ0) is 27.4. The molecule has 0 N–H and O–H groups in total. The van der Waals surface area contributed by atoms with Crippen LogP contribution in [0.3, 0.4) is 0 Å². The molecule has 7 aromatic rings. The molecular weight excluding hydrogens is 498 g/mol. The first-order valence-corrected chi connectivity index (χ1v) is 14.4. The molecule has 0 saturated carbocycles. The Morgan fingerprint density at radius 1 is 0.610 bits per heavy atom. The minimum atomic E-state index is -0.296. The van der Waals surface area contributed by atoms with Crippen LogP contribution in [-0.4, -0.2) is 14.5 Å². The highest BCUT2D eigenvalue weighted by Crippen LogP contribution is 2.55. The molecule has 41 heavy (non-hydrogen) atoms. The summed E-state index contributed by atoms with van der Waals surface area (Å²) in [6.07, 6.45) is 5.84. The zero-order valence-corrected chi connectivity index (χ0v) is 23.0. The fourth-order valence-corrected chi connectivity index (χ4v) is 7.10. The van der Waals surface area contributed by atoms with Gasteiger partial charge in [0.1, 0.15) is 0 Å². The van der Waals surface area contributed by atoms with E-state index in [9.17, 15) is 0 Å².